The molecule has 0 spiro atoms. The van der Waals surface area contributed by atoms with Crippen molar-refractivity contribution in [2.75, 3.05) is 31.1 Å². The lowest BCUT2D eigenvalue weighted by atomic mass is 9.81. The number of hydrogen-bond acceptors (Lipinski definition) is 5. The quantitative estimate of drug-likeness (QED) is 0.658. The van der Waals surface area contributed by atoms with Crippen LogP contribution in [0.4, 0.5) is 10.6 Å². The molecule has 2 aliphatic heterocycles. The van der Waals surface area contributed by atoms with E-state index in [0.29, 0.717) is 13.0 Å². The topological polar surface area (TPSA) is 103 Å². The predicted molar refractivity (Wildman–Crippen MR) is 121 cm³/mol. The van der Waals surface area contributed by atoms with Gasteiger partial charge in [0.05, 0.1) is 12.0 Å². The molecule has 1 aromatic rings. The van der Waals surface area contributed by atoms with E-state index in [1.165, 1.54) is 4.90 Å². The molecule has 8 nitrogen and oxygen atoms in total. The van der Waals surface area contributed by atoms with Gasteiger partial charge in [0.25, 0.3) is 0 Å². The fourth-order valence-electron chi connectivity index (χ4n) is 4.20. The predicted octanol–water partition coefficient (Wildman–Crippen LogP) is 3.85. The Balaban J connectivity index is 1.65. The van der Waals surface area contributed by atoms with Gasteiger partial charge in [0.15, 0.2) is 8.32 Å². The van der Waals surface area contributed by atoms with Crippen molar-refractivity contribution >= 4 is 26.2 Å². The summed E-state index contributed by atoms with van der Waals surface area (Å²) in [5, 5.41) is 19.0. The van der Waals surface area contributed by atoms with Crippen molar-refractivity contribution in [2.45, 2.75) is 63.8 Å². The van der Waals surface area contributed by atoms with Crippen LogP contribution in [0.2, 0.25) is 18.1 Å². The summed E-state index contributed by atoms with van der Waals surface area (Å²) in [7, 11) is -1.81. The van der Waals surface area contributed by atoms with Gasteiger partial charge in [-0.3, -0.25) is 4.79 Å². The third kappa shape index (κ3) is 5.20. The van der Waals surface area contributed by atoms with Gasteiger partial charge in [-0.15, -0.1) is 0 Å². The Morgan fingerprint density at radius 1 is 1.13 bits per heavy atom. The number of amides is 1. The number of anilines is 1. The normalized spacial score (nSPS) is 25.0. The van der Waals surface area contributed by atoms with Crippen molar-refractivity contribution in [2.24, 2.45) is 5.92 Å². The standard InChI is InChI=1S/C22H35N3O5Si/c1-22(2,3)31(4,5)30-16-8-10-24(13-16)19-7-6-15(12-23-19)17-9-11-25(21(28)29)14-18(17)20(26)27/h6-7,12,16-18H,8-11,13-14H2,1-5H3,(H,26,27)(H,28,29)/t16-,17-,18+/m0/s1. The molecule has 1 amide bonds. The van der Waals surface area contributed by atoms with Gasteiger partial charge in [-0.1, -0.05) is 26.8 Å². The molecule has 2 N–H and O–H groups in total. The molecule has 2 aliphatic rings. The van der Waals surface area contributed by atoms with Crippen LogP contribution in [-0.4, -0.2) is 72.8 Å². The van der Waals surface area contributed by atoms with Crippen LogP contribution in [0.25, 0.3) is 0 Å². The van der Waals surface area contributed by atoms with Gasteiger partial charge in [-0.05, 0) is 42.6 Å². The molecule has 0 saturated carbocycles. The Kier molecular flexibility index (Phi) is 6.66. The Morgan fingerprint density at radius 3 is 2.39 bits per heavy atom. The van der Waals surface area contributed by atoms with Crippen LogP contribution in [-0.2, 0) is 9.22 Å². The Morgan fingerprint density at radius 2 is 1.84 bits per heavy atom. The molecule has 0 aromatic carbocycles. The summed E-state index contributed by atoms with van der Waals surface area (Å²) in [6.07, 6.45) is 2.36. The Hall–Kier alpha value is -2.13. The zero-order valence-corrected chi connectivity index (χ0v) is 20.2. The second kappa shape index (κ2) is 8.78. The van der Waals surface area contributed by atoms with E-state index in [4.69, 9.17) is 4.43 Å². The minimum Gasteiger partial charge on any atom is -0.481 e. The van der Waals surface area contributed by atoms with Crippen molar-refractivity contribution in [1.82, 2.24) is 9.88 Å². The van der Waals surface area contributed by atoms with E-state index in [1.54, 1.807) is 6.20 Å². The summed E-state index contributed by atoms with van der Waals surface area (Å²) in [5.41, 5.74) is 0.856. The molecule has 31 heavy (non-hydrogen) atoms. The summed E-state index contributed by atoms with van der Waals surface area (Å²) in [5.74, 6) is -1.08. The van der Waals surface area contributed by atoms with Gasteiger partial charge >= 0.3 is 12.1 Å². The molecule has 0 bridgehead atoms. The third-order valence-corrected chi connectivity index (χ3v) is 11.7. The van der Waals surface area contributed by atoms with Crippen molar-refractivity contribution in [3.8, 4) is 0 Å². The molecule has 0 unspecified atom stereocenters. The van der Waals surface area contributed by atoms with Crippen molar-refractivity contribution < 1.29 is 24.2 Å². The van der Waals surface area contributed by atoms with Crippen LogP contribution in [0.3, 0.4) is 0 Å². The first kappa shape index (κ1) is 23.5. The first-order valence-corrected chi connectivity index (χ1v) is 13.9. The maximum atomic E-state index is 11.7. The summed E-state index contributed by atoms with van der Waals surface area (Å²) in [6.45, 7) is 13.3. The van der Waals surface area contributed by atoms with Gasteiger partial charge < -0.3 is 24.4 Å². The lowest BCUT2D eigenvalue weighted by molar-refractivity contribution is -0.144. The number of pyridine rings is 1. The summed E-state index contributed by atoms with van der Waals surface area (Å²) >= 11 is 0. The molecule has 2 saturated heterocycles. The minimum atomic E-state index is -1.81. The fraction of sp³-hybridized carbons (Fsp3) is 0.682. The highest BCUT2D eigenvalue weighted by atomic mass is 28.4. The molecule has 172 valence electrons. The molecule has 3 heterocycles. The second-order valence-corrected chi connectivity index (χ2v) is 15.0. The maximum absolute atomic E-state index is 11.7. The number of carboxylic acids is 1. The smallest absolute Gasteiger partial charge is 0.407 e. The Bertz CT molecular complexity index is 808. The number of aromatic nitrogens is 1. The molecular weight excluding hydrogens is 414 g/mol. The molecule has 3 rings (SSSR count). The van der Waals surface area contributed by atoms with E-state index in [1.807, 2.05) is 12.1 Å². The molecule has 3 atom stereocenters. The second-order valence-electron chi connectivity index (χ2n) is 10.3. The average molecular weight is 450 g/mol. The SMILES string of the molecule is CC(C)(C)[Si](C)(C)O[C@H]1CCN(c2ccc([C@@H]3CCN(C(=O)O)C[C@H]3C(=O)O)cn2)C1. The largest absolute Gasteiger partial charge is 0.481 e. The number of piperidine rings is 1. The molecule has 1 aromatic heterocycles. The van der Waals surface area contributed by atoms with Crippen LogP contribution < -0.4 is 4.90 Å². The summed E-state index contributed by atoms with van der Waals surface area (Å²) < 4.78 is 6.56. The van der Waals surface area contributed by atoms with Gasteiger partial charge in [0, 0.05) is 38.3 Å². The lowest BCUT2D eigenvalue weighted by Gasteiger charge is -2.38. The molecule has 9 heteroatoms. The van der Waals surface area contributed by atoms with E-state index in [9.17, 15) is 19.8 Å². The average Bonchev–Trinajstić information content (AvgIpc) is 3.14. The van der Waals surface area contributed by atoms with Crippen LogP contribution in [0, 0.1) is 5.92 Å². The van der Waals surface area contributed by atoms with Crippen molar-refractivity contribution in [3.63, 3.8) is 0 Å². The molecule has 0 radical (unpaired) electrons. The monoisotopic (exact) mass is 449 g/mol. The number of carbonyl (C=O) groups is 2. The first-order valence-electron chi connectivity index (χ1n) is 11.0. The van der Waals surface area contributed by atoms with Crippen molar-refractivity contribution in [3.05, 3.63) is 23.9 Å². The van der Waals surface area contributed by atoms with Crippen molar-refractivity contribution in [1.29, 1.82) is 0 Å². The van der Waals surface area contributed by atoms with E-state index >= 15 is 0 Å². The van der Waals surface area contributed by atoms with E-state index in [-0.39, 0.29) is 23.6 Å². The number of rotatable bonds is 5. The van der Waals surface area contributed by atoms with Gasteiger partial charge in [0.2, 0.25) is 0 Å². The number of nitrogens with zero attached hydrogens (tertiary/aromatic N) is 3. The van der Waals surface area contributed by atoms with Gasteiger partial charge in [-0.25, -0.2) is 9.78 Å². The lowest BCUT2D eigenvalue weighted by Crippen LogP contribution is -2.45. The van der Waals surface area contributed by atoms with E-state index in [0.717, 1.165) is 30.9 Å². The number of aliphatic carboxylic acids is 1. The minimum absolute atomic E-state index is 0.00960. The number of carboxylic acid groups (broad SMARTS) is 2. The number of likely N-dealkylation sites (tertiary alicyclic amines) is 1. The third-order valence-electron chi connectivity index (χ3n) is 7.14. The zero-order valence-electron chi connectivity index (χ0n) is 19.2. The van der Waals surface area contributed by atoms with Crippen LogP contribution in [0.15, 0.2) is 18.3 Å². The van der Waals surface area contributed by atoms with Crippen LogP contribution in [0.5, 0.6) is 0 Å². The summed E-state index contributed by atoms with van der Waals surface area (Å²) in [6, 6.07) is 3.90. The highest BCUT2D eigenvalue weighted by Gasteiger charge is 2.41. The number of hydrogen-bond donors (Lipinski definition) is 2. The highest BCUT2D eigenvalue weighted by Crippen LogP contribution is 2.39. The molecular formula is C22H35N3O5Si. The van der Waals surface area contributed by atoms with Crippen LogP contribution >= 0.6 is 0 Å². The molecule has 0 aliphatic carbocycles. The highest BCUT2D eigenvalue weighted by molar-refractivity contribution is 6.74. The Labute approximate surface area is 185 Å². The fourth-order valence-corrected chi connectivity index (χ4v) is 5.58. The maximum Gasteiger partial charge on any atom is 0.407 e. The van der Waals surface area contributed by atoms with E-state index in [2.05, 4.69) is 43.7 Å². The van der Waals surface area contributed by atoms with E-state index < -0.39 is 26.3 Å². The van der Waals surface area contributed by atoms with Crippen LogP contribution in [0.1, 0.15) is 45.1 Å². The first-order chi connectivity index (χ1) is 14.4. The molecule has 2 fully saturated rings. The van der Waals surface area contributed by atoms with Gasteiger partial charge in [0.1, 0.15) is 5.82 Å². The summed E-state index contributed by atoms with van der Waals surface area (Å²) in [4.78, 5) is 31.0. The zero-order chi connectivity index (χ0) is 23.0. The van der Waals surface area contributed by atoms with Gasteiger partial charge in [-0.2, -0.15) is 0 Å².